The van der Waals surface area contributed by atoms with Gasteiger partial charge in [-0.1, -0.05) is 56.7 Å². The Bertz CT molecular complexity index is 851. The minimum absolute atomic E-state index is 0.499. The minimum Gasteiger partial charge on any atom is -0.475 e. The lowest BCUT2D eigenvalue weighted by molar-refractivity contribution is 0.0361. The molecule has 0 radical (unpaired) electrons. The molecule has 0 saturated heterocycles. The van der Waals surface area contributed by atoms with Gasteiger partial charge in [0.25, 0.3) is 0 Å². The molecule has 5 nitrogen and oxygen atoms in total. The van der Waals surface area contributed by atoms with Gasteiger partial charge in [-0.25, -0.2) is 4.98 Å². The molecule has 0 bridgehead atoms. The SMILES string of the molecule is CC.CCCOCCOCCOc1ccc2ccccc2n1.Cc1ccc(N(C)C)cc1. The van der Waals surface area contributed by atoms with Crippen LogP contribution in [0.4, 0.5) is 5.69 Å². The molecule has 1 heterocycles. The van der Waals surface area contributed by atoms with Gasteiger partial charge in [0.2, 0.25) is 5.88 Å². The Balaban J connectivity index is 0.000000358. The lowest BCUT2D eigenvalue weighted by Crippen LogP contribution is -2.11. The number of ether oxygens (including phenoxy) is 3. The first-order valence-corrected chi connectivity index (χ1v) is 11.5. The lowest BCUT2D eigenvalue weighted by Gasteiger charge is -2.11. The van der Waals surface area contributed by atoms with Crippen molar-refractivity contribution in [2.75, 3.05) is 52.0 Å². The number of nitrogens with zero attached hydrogens (tertiary/aromatic N) is 2. The van der Waals surface area contributed by atoms with E-state index in [0.29, 0.717) is 32.3 Å². The van der Waals surface area contributed by atoms with E-state index in [2.05, 4.69) is 48.0 Å². The number of fused-ring (bicyclic) bond motifs is 1. The molecule has 0 amide bonds. The van der Waals surface area contributed by atoms with Crippen LogP contribution in [0.2, 0.25) is 0 Å². The van der Waals surface area contributed by atoms with E-state index in [9.17, 15) is 0 Å². The molecule has 3 aromatic rings. The first kappa shape index (κ1) is 27.4. The highest BCUT2D eigenvalue weighted by molar-refractivity contribution is 5.78. The van der Waals surface area contributed by atoms with E-state index in [0.717, 1.165) is 23.9 Å². The van der Waals surface area contributed by atoms with Crippen molar-refractivity contribution in [3.63, 3.8) is 0 Å². The van der Waals surface area contributed by atoms with Crippen molar-refractivity contribution in [1.82, 2.24) is 4.98 Å². The molecule has 0 atom stereocenters. The molecule has 3 rings (SSSR count). The number of benzene rings is 2. The Morgan fingerprint density at radius 1 is 0.750 bits per heavy atom. The van der Waals surface area contributed by atoms with Gasteiger partial charge >= 0.3 is 0 Å². The summed E-state index contributed by atoms with van der Waals surface area (Å²) >= 11 is 0. The first-order valence-electron chi connectivity index (χ1n) is 11.5. The third-order valence-electron chi connectivity index (χ3n) is 4.32. The highest BCUT2D eigenvalue weighted by atomic mass is 16.5. The highest BCUT2D eigenvalue weighted by Crippen LogP contribution is 2.15. The molecular weight excluding hydrogens is 400 g/mol. The van der Waals surface area contributed by atoms with E-state index in [1.54, 1.807) is 0 Å². The number of aromatic nitrogens is 1. The molecule has 0 aliphatic heterocycles. The monoisotopic (exact) mass is 440 g/mol. The molecule has 5 heteroatoms. The maximum Gasteiger partial charge on any atom is 0.213 e. The zero-order chi connectivity index (χ0) is 23.6. The summed E-state index contributed by atoms with van der Waals surface area (Å²) in [5, 5.41) is 1.11. The van der Waals surface area contributed by atoms with Crippen molar-refractivity contribution < 1.29 is 14.2 Å². The number of rotatable bonds is 10. The van der Waals surface area contributed by atoms with Crippen molar-refractivity contribution >= 4 is 16.6 Å². The largest absolute Gasteiger partial charge is 0.475 e. The Labute approximate surface area is 194 Å². The summed E-state index contributed by atoms with van der Waals surface area (Å²) in [6.07, 6.45) is 1.04. The number of pyridine rings is 1. The summed E-state index contributed by atoms with van der Waals surface area (Å²) in [5.41, 5.74) is 3.51. The van der Waals surface area contributed by atoms with Gasteiger partial charge in [-0.2, -0.15) is 0 Å². The molecule has 0 unspecified atom stereocenters. The summed E-state index contributed by atoms with van der Waals surface area (Å²) < 4.78 is 16.3. The van der Waals surface area contributed by atoms with Gasteiger partial charge in [0, 0.05) is 37.8 Å². The molecule has 1 aromatic heterocycles. The van der Waals surface area contributed by atoms with Crippen molar-refractivity contribution in [1.29, 1.82) is 0 Å². The van der Waals surface area contributed by atoms with Crippen molar-refractivity contribution in [2.45, 2.75) is 34.1 Å². The fourth-order valence-electron chi connectivity index (χ4n) is 2.64. The van der Waals surface area contributed by atoms with Crippen LogP contribution >= 0.6 is 0 Å². The van der Waals surface area contributed by atoms with Crippen LogP contribution in [0.25, 0.3) is 10.9 Å². The topological polar surface area (TPSA) is 43.8 Å². The van der Waals surface area contributed by atoms with Crippen LogP contribution in [0, 0.1) is 6.92 Å². The van der Waals surface area contributed by atoms with Crippen molar-refractivity contribution in [3.05, 3.63) is 66.2 Å². The highest BCUT2D eigenvalue weighted by Gasteiger charge is 1.98. The zero-order valence-corrected chi connectivity index (χ0v) is 20.6. The average Bonchev–Trinajstić information content (AvgIpc) is 2.83. The van der Waals surface area contributed by atoms with E-state index in [4.69, 9.17) is 14.2 Å². The molecule has 0 aliphatic rings. The maximum atomic E-state index is 5.56. The maximum absolute atomic E-state index is 5.56. The van der Waals surface area contributed by atoms with E-state index in [-0.39, 0.29) is 0 Å². The van der Waals surface area contributed by atoms with Crippen molar-refractivity contribution in [2.24, 2.45) is 0 Å². The third kappa shape index (κ3) is 11.1. The smallest absolute Gasteiger partial charge is 0.213 e. The summed E-state index contributed by atoms with van der Waals surface area (Å²) in [7, 11) is 4.09. The average molecular weight is 441 g/mol. The van der Waals surface area contributed by atoms with Crippen LogP contribution in [0.5, 0.6) is 5.88 Å². The van der Waals surface area contributed by atoms with Gasteiger partial charge in [-0.3, -0.25) is 0 Å². The molecule has 0 N–H and O–H groups in total. The fraction of sp³-hybridized carbons (Fsp3) is 0.444. The summed E-state index contributed by atoms with van der Waals surface area (Å²) in [6.45, 7) is 11.3. The molecule has 0 fully saturated rings. The van der Waals surface area contributed by atoms with E-state index in [1.165, 1.54) is 11.3 Å². The lowest BCUT2D eigenvalue weighted by atomic mass is 10.2. The summed E-state index contributed by atoms with van der Waals surface area (Å²) in [6, 6.07) is 20.4. The number of hydrogen-bond acceptors (Lipinski definition) is 5. The van der Waals surface area contributed by atoms with Gasteiger partial charge in [0.15, 0.2) is 0 Å². The molecule has 0 spiro atoms. The number of para-hydroxylation sites is 1. The second-order valence-electron chi connectivity index (χ2n) is 7.15. The molecule has 0 saturated carbocycles. The summed E-state index contributed by atoms with van der Waals surface area (Å²) in [5.74, 6) is 0.634. The fourth-order valence-corrected chi connectivity index (χ4v) is 2.64. The molecule has 176 valence electrons. The predicted molar refractivity (Wildman–Crippen MR) is 136 cm³/mol. The van der Waals surface area contributed by atoms with Crippen LogP contribution in [0.3, 0.4) is 0 Å². The Morgan fingerprint density at radius 3 is 2.03 bits per heavy atom. The minimum atomic E-state index is 0.499. The van der Waals surface area contributed by atoms with Gasteiger partial charge in [-0.05, 0) is 37.6 Å². The van der Waals surface area contributed by atoms with Gasteiger partial charge in [0.05, 0.1) is 25.3 Å². The van der Waals surface area contributed by atoms with E-state index >= 15 is 0 Å². The van der Waals surface area contributed by atoms with Crippen LogP contribution in [0.1, 0.15) is 32.8 Å². The Morgan fingerprint density at radius 2 is 1.38 bits per heavy atom. The Kier molecular flexibility index (Phi) is 14.5. The summed E-state index contributed by atoms with van der Waals surface area (Å²) in [4.78, 5) is 6.53. The Hall–Kier alpha value is -2.63. The van der Waals surface area contributed by atoms with Crippen LogP contribution in [-0.4, -0.2) is 52.1 Å². The van der Waals surface area contributed by atoms with Crippen LogP contribution in [-0.2, 0) is 9.47 Å². The van der Waals surface area contributed by atoms with Crippen LogP contribution in [0.15, 0.2) is 60.7 Å². The first-order chi connectivity index (χ1) is 15.6. The number of anilines is 1. The van der Waals surface area contributed by atoms with Crippen molar-refractivity contribution in [3.8, 4) is 5.88 Å². The number of aryl methyl sites for hydroxylation is 1. The standard InChI is InChI=1S/C16H21NO3.C9H13N.C2H6/c1-2-9-18-10-11-19-12-13-20-16-8-7-14-5-3-4-6-15(14)17-16;1-8-4-6-9(7-5-8)10(2)3;1-2/h3-8H,2,9-13H2,1H3;4-7H,1-3H3;1-2H3. The van der Waals surface area contributed by atoms with E-state index in [1.807, 2.05) is 64.3 Å². The molecule has 32 heavy (non-hydrogen) atoms. The third-order valence-corrected chi connectivity index (χ3v) is 4.32. The molecule has 2 aromatic carbocycles. The number of hydrogen-bond donors (Lipinski definition) is 0. The second kappa shape index (κ2) is 17.0. The molecular formula is C27H40N2O3. The quantitative estimate of drug-likeness (QED) is 0.354. The second-order valence-corrected chi connectivity index (χ2v) is 7.15. The normalized spacial score (nSPS) is 9.94. The van der Waals surface area contributed by atoms with Gasteiger partial charge < -0.3 is 19.1 Å². The zero-order valence-electron chi connectivity index (χ0n) is 20.6. The van der Waals surface area contributed by atoms with Crippen LogP contribution < -0.4 is 9.64 Å². The van der Waals surface area contributed by atoms with E-state index < -0.39 is 0 Å². The predicted octanol–water partition coefficient (Wildman–Crippen LogP) is 6.14. The van der Waals surface area contributed by atoms with Gasteiger partial charge in [0.1, 0.15) is 6.61 Å². The molecule has 0 aliphatic carbocycles. The van der Waals surface area contributed by atoms with Gasteiger partial charge in [-0.15, -0.1) is 0 Å².